The van der Waals surface area contributed by atoms with E-state index in [0.717, 1.165) is 0 Å². The predicted octanol–water partition coefficient (Wildman–Crippen LogP) is -0.510. The van der Waals surface area contributed by atoms with Gasteiger partial charge in [-0.05, 0) is 0 Å². The first kappa shape index (κ1) is 27.2. The maximum Gasteiger partial charge on any atom is -0.369 e. The first-order valence-electron chi connectivity index (χ1n) is 3.09. The zero-order valence-corrected chi connectivity index (χ0v) is 12.0. The summed E-state index contributed by atoms with van der Waals surface area (Å²) in [5.41, 5.74) is 0. The third-order valence-corrected chi connectivity index (χ3v) is 6.73. The fourth-order valence-electron chi connectivity index (χ4n) is 0.667. The van der Waals surface area contributed by atoms with Gasteiger partial charge in [-0.15, -0.1) is 0 Å². The second-order valence-corrected chi connectivity index (χ2v) is 7.58. The molecule has 0 spiro atoms. The molecular weight excluding hydrogens is 377 g/mol. The van der Waals surface area contributed by atoms with Crippen LogP contribution in [0.25, 0.3) is 0 Å². The van der Waals surface area contributed by atoms with Crippen molar-refractivity contribution >= 4 is 0 Å². The summed E-state index contributed by atoms with van der Waals surface area (Å²) in [5, 5.41) is 63.2. The van der Waals surface area contributed by atoms with Gasteiger partial charge in [0.15, 0.2) is 0 Å². The van der Waals surface area contributed by atoms with Crippen LogP contribution >= 0.6 is 0 Å². The van der Waals surface area contributed by atoms with Gasteiger partial charge < -0.3 is 18.5 Å². The van der Waals surface area contributed by atoms with E-state index in [1.54, 1.807) is 0 Å². The van der Waals surface area contributed by atoms with E-state index >= 15 is 0 Å². The van der Waals surface area contributed by atoms with Crippen molar-refractivity contribution in [2.24, 2.45) is 0 Å². The Kier molecular flexibility index (Phi) is 6.98. The molecule has 0 fully saturated rings. The minimum atomic E-state index is -10.3. The van der Waals surface area contributed by atoms with Gasteiger partial charge in [0.2, 0.25) is 0 Å². The Morgan fingerprint density at radius 2 is 0.500 bits per heavy atom. The molecule has 0 atom stereocenters. The molecule has 0 aromatic carbocycles. The van der Waals surface area contributed by atoms with Crippen molar-refractivity contribution < 1.29 is 35.7 Å². The first-order valence-corrected chi connectivity index (χ1v) is 5.88. The zero-order valence-electron chi connectivity index (χ0n) is 10.9. The van der Waals surface area contributed by atoms with Crippen LogP contribution in [-0.4, -0.2) is 23.8 Å². The number of nitro groups is 6. The second kappa shape index (κ2) is 5.65. The summed E-state index contributed by atoms with van der Waals surface area (Å²) in [6.07, 6.45) is 0. The third-order valence-electron chi connectivity index (χ3n) is 1.63. The molecule has 0 saturated carbocycles. The molecule has 0 aliphatic heterocycles. The molecule has 0 aromatic heterocycles. The van der Waals surface area contributed by atoms with Gasteiger partial charge in [-0.2, -0.15) is 0 Å². The molecule has 12 N–H and O–H groups in total. The Labute approximate surface area is 116 Å². The number of rotatable bonds is 6. The number of quaternary nitrogens is 3. The van der Waals surface area contributed by atoms with Crippen molar-refractivity contribution in [2.45, 2.75) is 0 Å². The van der Waals surface area contributed by atoms with Crippen LogP contribution < -0.4 is 18.5 Å². The van der Waals surface area contributed by atoms with Crippen LogP contribution in [0.5, 0.6) is 0 Å². The number of hydrogen-bond donors (Lipinski definition) is 3. The predicted molar refractivity (Wildman–Crippen MR) is 59.9 cm³/mol. The largest absolute Gasteiger partial charge is 0.369 e. The molecule has 0 bridgehead atoms. The van der Waals surface area contributed by atoms with Crippen LogP contribution in [0.15, 0.2) is 0 Å². The van der Waals surface area contributed by atoms with Crippen LogP contribution in [0.1, 0.15) is 0 Å². The van der Waals surface area contributed by atoms with E-state index < -0.39 is 35.7 Å². The summed E-state index contributed by atoms with van der Waals surface area (Å²) < 4.78 is -19.6. The van der Waals surface area contributed by atoms with E-state index in [9.17, 15) is 60.7 Å². The molecule has 0 aliphatic carbocycles. The molecule has 21 nitrogen and oxygen atoms in total. The number of nitrogens with zero attached hydrogens (tertiary/aromatic N) is 6. The molecule has 0 amide bonds. The minimum Gasteiger partial charge on any atom is -0.369 e. The fraction of sp³-hybridized carbons (Fsp3) is 0. The Morgan fingerprint density at radius 1 is 0.409 bits per heavy atom. The van der Waals surface area contributed by atoms with Gasteiger partial charge >= 0.3 is 96.3 Å². The van der Waals surface area contributed by atoms with Gasteiger partial charge in [0.1, 0.15) is 0 Å². The van der Waals surface area contributed by atoms with Crippen molar-refractivity contribution in [3.05, 3.63) is 60.7 Å². The number of hydrogen-bond acceptors (Lipinski definition) is 12. The SMILES string of the molecule is O=[N+]([O-])[Co-3]([N+](=O)[O-])([N+](=O)[O-])([N+](=O)[O-])([N+](=O)[O-])[N+](=O)[O-].[NH4+].[NH4+].[NH4+]. The van der Waals surface area contributed by atoms with Gasteiger partial charge in [0.25, 0.3) is 0 Å². The molecule has 0 heterocycles. The minimum absolute atomic E-state index is 0. The summed E-state index contributed by atoms with van der Waals surface area (Å²) in [5.74, 6) is 0. The van der Waals surface area contributed by atoms with Crippen molar-refractivity contribution in [1.29, 1.82) is 0 Å². The average Bonchev–Trinajstić information content (AvgIpc) is 2.15. The van der Waals surface area contributed by atoms with Crippen LogP contribution in [-0.2, 0) is 11.8 Å². The van der Waals surface area contributed by atoms with Crippen molar-refractivity contribution in [2.75, 3.05) is 0 Å². The second-order valence-electron chi connectivity index (χ2n) is 2.18. The van der Waals surface area contributed by atoms with Crippen molar-refractivity contribution in [3.63, 3.8) is 0 Å². The maximum absolute atomic E-state index is 10.5. The van der Waals surface area contributed by atoms with Gasteiger partial charge in [0, 0.05) is 0 Å². The maximum atomic E-state index is 10.5. The quantitative estimate of drug-likeness (QED) is 0.381. The molecule has 0 aromatic rings. The van der Waals surface area contributed by atoms with Gasteiger partial charge in [-0.3, -0.25) is 0 Å². The monoisotopic (exact) mass is 389 g/mol. The smallest absolute Gasteiger partial charge is 0.369 e. The normalized spacial score (nSPS) is 12.5. The molecule has 0 aliphatic rings. The van der Waals surface area contributed by atoms with E-state index in [1.807, 2.05) is 0 Å². The Morgan fingerprint density at radius 3 is 0.500 bits per heavy atom. The van der Waals surface area contributed by atoms with Crippen molar-refractivity contribution in [3.8, 4) is 0 Å². The van der Waals surface area contributed by atoms with E-state index in [0.29, 0.717) is 0 Å². The summed E-state index contributed by atoms with van der Waals surface area (Å²) in [6.45, 7) is 0. The van der Waals surface area contributed by atoms with E-state index in [-0.39, 0.29) is 18.5 Å². The standard InChI is InChI=1S/Co.6NO2.3H3N/c;6*2-1-3;;;/h;;;;;;;3*1H3/q-3;;;;;;;;;/p+3. The van der Waals surface area contributed by atoms with E-state index in [4.69, 9.17) is 0 Å². The van der Waals surface area contributed by atoms with Gasteiger partial charge in [-0.25, -0.2) is 0 Å². The van der Waals surface area contributed by atoms with Crippen LogP contribution in [0, 0.1) is 60.7 Å². The summed E-state index contributed by atoms with van der Waals surface area (Å²) >= 11 is -10.3. The topological polar surface area (TPSA) is 368 Å². The van der Waals surface area contributed by atoms with Crippen LogP contribution in [0.4, 0.5) is 0 Å². The van der Waals surface area contributed by atoms with Gasteiger partial charge in [0.05, 0.1) is 0 Å². The van der Waals surface area contributed by atoms with E-state index in [1.165, 1.54) is 0 Å². The van der Waals surface area contributed by atoms with E-state index in [2.05, 4.69) is 0 Å². The summed E-state index contributed by atoms with van der Waals surface area (Å²) in [7, 11) is 0. The Balaban J connectivity index is -0.000000540. The molecule has 138 valence electrons. The summed E-state index contributed by atoms with van der Waals surface area (Å²) in [6, 6.07) is 0. The Bertz CT molecular complexity index is 429. The zero-order chi connectivity index (χ0) is 15.9. The molecule has 0 radical (unpaired) electrons. The molecule has 0 unspecified atom stereocenters. The summed E-state index contributed by atoms with van der Waals surface area (Å²) in [4.78, 5) is 63.2. The van der Waals surface area contributed by atoms with Gasteiger partial charge in [-0.1, -0.05) is 0 Å². The molecule has 22 heteroatoms. The average molecular weight is 389 g/mol. The third kappa shape index (κ3) is 1.30. The fourth-order valence-corrected chi connectivity index (χ4v) is 2.75. The molecule has 22 heavy (non-hydrogen) atoms. The molecular formula is H12CoN9O12. The van der Waals surface area contributed by atoms with Crippen molar-refractivity contribution in [1.82, 2.24) is 18.5 Å². The first-order chi connectivity index (χ1) is 8.34. The molecule has 0 rings (SSSR count). The molecule has 0 saturated heterocycles. The van der Waals surface area contributed by atoms with Crippen LogP contribution in [0.3, 0.4) is 0 Å². The Hall–Kier alpha value is -3.21. The van der Waals surface area contributed by atoms with Crippen LogP contribution in [0.2, 0.25) is 0 Å².